The number of nitrogens with zero attached hydrogens (tertiary/aromatic N) is 6. The fourth-order valence-electron chi connectivity index (χ4n) is 3.63. The number of aryl methyl sites for hydroxylation is 2. The summed E-state index contributed by atoms with van der Waals surface area (Å²) < 4.78 is 13.5. The van der Waals surface area contributed by atoms with Crippen LogP contribution in [0, 0.1) is 12.7 Å². The lowest BCUT2D eigenvalue weighted by Gasteiger charge is -2.28. The van der Waals surface area contributed by atoms with Crippen molar-refractivity contribution in [3.63, 3.8) is 0 Å². The second-order valence-corrected chi connectivity index (χ2v) is 7.61. The quantitative estimate of drug-likeness (QED) is 0.606. The molecule has 7 nitrogen and oxygen atoms in total. The molecule has 0 amide bonds. The van der Waals surface area contributed by atoms with Crippen LogP contribution >= 0.6 is 0 Å². The largest absolute Gasteiger partial charge is 0.334 e. The Kier molecular flexibility index (Phi) is 5.39. The predicted molar refractivity (Wildman–Crippen MR) is 112 cm³/mol. The van der Waals surface area contributed by atoms with Gasteiger partial charge in [-0.25, -0.2) is 4.39 Å². The van der Waals surface area contributed by atoms with Crippen LogP contribution in [-0.4, -0.2) is 44.1 Å². The van der Waals surface area contributed by atoms with Crippen LogP contribution in [0.3, 0.4) is 0 Å². The topological polar surface area (TPSA) is 76.8 Å². The standard InChI is InChI=1S/C22H23FN6O/c1-14-4-6-17(23)10-19(14)21(30)11-18-7-5-16(12-24-18)20-13-29(9-8-15(20)2)22-25-27-28(3)26-22/h4-7,10,12H,8-9,11,13H2,1-3H3. The van der Waals surface area contributed by atoms with E-state index in [1.807, 2.05) is 12.1 Å². The predicted octanol–water partition coefficient (Wildman–Crippen LogP) is 3.16. The van der Waals surface area contributed by atoms with E-state index in [1.54, 1.807) is 26.2 Å². The smallest absolute Gasteiger partial charge is 0.266 e. The molecule has 0 radical (unpaired) electrons. The van der Waals surface area contributed by atoms with Gasteiger partial charge in [-0.3, -0.25) is 9.78 Å². The number of rotatable bonds is 5. The minimum Gasteiger partial charge on any atom is -0.334 e. The molecule has 0 bridgehead atoms. The number of benzene rings is 1. The van der Waals surface area contributed by atoms with E-state index in [0.29, 0.717) is 23.8 Å². The Hall–Kier alpha value is -3.42. The van der Waals surface area contributed by atoms with E-state index in [2.05, 4.69) is 32.2 Å². The molecule has 0 fully saturated rings. The molecular formula is C22H23FN6O. The van der Waals surface area contributed by atoms with Crippen LogP contribution in [0.5, 0.6) is 0 Å². The summed E-state index contributed by atoms with van der Waals surface area (Å²) in [6.07, 6.45) is 2.85. The third-order valence-electron chi connectivity index (χ3n) is 5.42. The van der Waals surface area contributed by atoms with Gasteiger partial charge in [-0.1, -0.05) is 22.8 Å². The number of aromatic nitrogens is 5. The lowest BCUT2D eigenvalue weighted by atomic mass is 9.95. The van der Waals surface area contributed by atoms with Crippen LogP contribution in [0.15, 0.2) is 42.1 Å². The van der Waals surface area contributed by atoms with Crippen molar-refractivity contribution in [1.29, 1.82) is 0 Å². The van der Waals surface area contributed by atoms with Gasteiger partial charge in [0.25, 0.3) is 5.95 Å². The van der Waals surface area contributed by atoms with Gasteiger partial charge in [0.15, 0.2) is 5.78 Å². The van der Waals surface area contributed by atoms with Crippen LogP contribution in [0.4, 0.5) is 10.3 Å². The Bertz CT molecular complexity index is 1120. The Morgan fingerprint density at radius 1 is 1.20 bits per heavy atom. The second kappa shape index (κ2) is 8.14. The third-order valence-corrected chi connectivity index (χ3v) is 5.42. The van der Waals surface area contributed by atoms with Gasteiger partial charge < -0.3 is 4.90 Å². The average molecular weight is 406 g/mol. The van der Waals surface area contributed by atoms with Crippen LogP contribution in [0.2, 0.25) is 0 Å². The van der Waals surface area contributed by atoms with Crippen LogP contribution in [0.25, 0.3) is 5.57 Å². The van der Waals surface area contributed by atoms with E-state index in [-0.39, 0.29) is 12.2 Å². The molecule has 2 aromatic heterocycles. The molecule has 3 aromatic rings. The number of halogens is 1. The number of carbonyl (C=O) groups excluding carboxylic acids is 1. The number of tetrazole rings is 1. The van der Waals surface area contributed by atoms with Gasteiger partial charge in [0, 0.05) is 30.5 Å². The van der Waals surface area contributed by atoms with Gasteiger partial charge in [-0.05, 0) is 60.4 Å². The molecule has 1 aromatic carbocycles. The number of carbonyl (C=O) groups is 1. The first-order valence-electron chi connectivity index (χ1n) is 9.83. The van der Waals surface area contributed by atoms with Crippen LogP contribution in [0.1, 0.15) is 40.5 Å². The molecule has 154 valence electrons. The second-order valence-electron chi connectivity index (χ2n) is 7.61. The molecule has 0 aliphatic carbocycles. The number of pyridine rings is 1. The van der Waals surface area contributed by atoms with E-state index >= 15 is 0 Å². The monoisotopic (exact) mass is 406 g/mol. The molecule has 0 saturated heterocycles. The molecule has 0 unspecified atom stereocenters. The summed E-state index contributed by atoms with van der Waals surface area (Å²) in [5.41, 5.74) is 5.32. The highest BCUT2D eigenvalue weighted by Gasteiger charge is 2.21. The van der Waals surface area contributed by atoms with Crippen molar-refractivity contribution in [1.82, 2.24) is 25.2 Å². The number of hydrogen-bond acceptors (Lipinski definition) is 6. The van der Waals surface area contributed by atoms with Crippen molar-refractivity contribution >= 4 is 17.3 Å². The zero-order valence-corrected chi connectivity index (χ0v) is 17.3. The molecule has 3 heterocycles. The molecule has 30 heavy (non-hydrogen) atoms. The molecule has 0 atom stereocenters. The van der Waals surface area contributed by atoms with Gasteiger partial charge in [-0.15, -0.1) is 5.10 Å². The minimum absolute atomic E-state index is 0.137. The van der Waals surface area contributed by atoms with E-state index in [1.165, 1.54) is 28.1 Å². The number of hydrogen-bond donors (Lipinski definition) is 0. The summed E-state index contributed by atoms with van der Waals surface area (Å²) in [5.74, 6) is 0.0671. The first-order chi connectivity index (χ1) is 14.4. The normalized spacial score (nSPS) is 14.3. The fraction of sp³-hybridized carbons (Fsp3) is 0.318. The van der Waals surface area contributed by atoms with Crippen molar-refractivity contribution in [2.45, 2.75) is 26.7 Å². The van der Waals surface area contributed by atoms with Crippen molar-refractivity contribution < 1.29 is 9.18 Å². The summed E-state index contributed by atoms with van der Waals surface area (Å²) >= 11 is 0. The molecule has 1 aliphatic rings. The SMILES string of the molecule is CC1=C(c2ccc(CC(=O)c3cc(F)ccc3C)nc2)CN(c2nnn(C)n2)CC1. The van der Waals surface area contributed by atoms with Gasteiger partial charge in [0.05, 0.1) is 13.5 Å². The van der Waals surface area contributed by atoms with Crippen molar-refractivity contribution in [3.8, 4) is 0 Å². The van der Waals surface area contributed by atoms with Gasteiger partial charge >= 0.3 is 0 Å². The van der Waals surface area contributed by atoms with E-state index < -0.39 is 5.82 Å². The highest BCUT2D eigenvalue weighted by Crippen LogP contribution is 2.28. The van der Waals surface area contributed by atoms with Gasteiger partial charge in [0.2, 0.25) is 0 Å². The number of anilines is 1. The molecular weight excluding hydrogens is 383 g/mol. The zero-order chi connectivity index (χ0) is 21.3. The van der Waals surface area contributed by atoms with Crippen molar-refractivity contribution in [2.75, 3.05) is 18.0 Å². The average Bonchev–Trinajstić information content (AvgIpc) is 3.17. The first-order valence-corrected chi connectivity index (χ1v) is 9.83. The lowest BCUT2D eigenvalue weighted by Crippen LogP contribution is -2.31. The van der Waals surface area contributed by atoms with E-state index in [4.69, 9.17) is 0 Å². The molecule has 1 aliphatic heterocycles. The van der Waals surface area contributed by atoms with Gasteiger partial charge in [-0.2, -0.15) is 4.80 Å². The zero-order valence-electron chi connectivity index (χ0n) is 17.3. The third kappa shape index (κ3) is 4.12. The summed E-state index contributed by atoms with van der Waals surface area (Å²) in [6, 6.07) is 8.12. The highest BCUT2D eigenvalue weighted by molar-refractivity contribution is 5.98. The molecule has 0 N–H and O–H groups in total. The highest BCUT2D eigenvalue weighted by atomic mass is 19.1. The first kappa shape index (κ1) is 19.9. The summed E-state index contributed by atoms with van der Waals surface area (Å²) in [6.45, 7) is 5.45. The Morgan fingerprint density at radius 3 is 2.73 bits per heavy atom. The van der Waals surface area contributed by atoms with Crippen LogP contribution < -0.4 is 4.90 Å². The Labute approximate surface area is 174 Å². The minimum atomic E-state index is -0.408. The van der Waals surface area contributed by atoms with Crippen molar-refractivity contribution in [2.24, 2.45) is 7.05 Å². The maximum absolute atomic E-state index is 13.5. The van der Waals surface area contributed by atoms with Gasteiger partial charge in [0.1, 0.15) is 5.82 Å². The fourth-order valence-corrected chi connectivity index (χ4v) is 3.63. The summed E-state index contributed by atoms with van der Waals surface area (Å²) in [4.78, 5) is 20.6. The number of ketones is 1. The maximum Gasteiger partial charge on any atom is 0.266 e. The Balaban J connectivity index is 1.50. The van der Waals surface area contributed by atoms with E-state index in [0.717, 1.165) is 24.1 Å². The summed E-state index contributed by atoms with van der Waals surface area (Å²) in [7, 11) is 1.75. The summed E-state index contributed by atoms with van der Waals surface area (Å²) in [5, 5.41) is 12.3. The Morgan fingerprint density at radius 2 is 2.03 bits per heavy atom. The molecule has 0 saturated carbocycles. The molecule has 8 heteroatoms. The molecule has 0 spiro atoms. The maximum atomic E-state index is 13.5. The number of Topliss-reactive ketones (excluding diaryl/α,β-unsaturated/α-hetero) is 1. The van der Waals surface area contributed by atoms with Crippen molar-refractivity contribution in [3.05, 3.63) is 70.3 Å². The van der Waals surface area contributed by atoms with Crippen LogP contribution in [-0.2, 0) is 13.5 Å². The molecule has 4 rings (SSSR count). The van der Waals surface area contributed by atoms with E-state index in [9.17, 15) is 9.18 Å². The lowest BCUT2D eigenvalue weighted by molar-refractivity contribution is 0.0991.